The summed E-state index contributed by atoms with van der Waals surface area (Å²) in [6, 6.07) is 8.14. The number of pyridine rings is 1. The lowest BCUT2D eigenvalue weighted by Gasteiger charge is -2.06. The second-order valence-electron chi connectivity index (χ2n) is 4.18. The molecule has 100 valence electrons. The molecule has 0 radical (unpaired) electrons. The lowest BCUT2D eigenvalue weighted by atomic mass is 10.1. The molecule has 0 fully saturated rings. The summed E-state index contributed by atoms with van der Waals surface area (Å²) < 4.78 is 22.7. The van der Waals surface area contributed by atoms with Crippen LogP contribution >= 0.6 is 0 Å². The topological polar surface area (TPSA) is 98.8 Å². The summed E-state index contributed by atoms with van der Waals surface area (Å²) in [5.74, 6) is 0. The highest BCUT2D eigenvalue weighted by Gasteiger charge is 2.11. The van der Waals surface area contributed by atoms with Crippen molar-refractivity contribution in [3.63, 3.8) is 0 Å². The first-order valence-electron chi connectivity index (χ1n) is 5.74. The van der Waals surface area contributed by atoms with E-state index in [0.29, 0.717) is 11.4 Å². The van der Waals surface area contributed by atoms with E-state index in [2.05, 4.69) is 15.0 Å². The summed E-state index contributed by atoms with van der Waals surface area (Å²) in [5.41, 5.74) is 1.35. The fourth-order valence-electron chi connectivity index (χ4n) is 1.97. The van der Waals surface area contributed by atoms with Crippen molar-refractivity contribution in [1.82, 2.24) is 15.0 Å². The van der Waals surface area contributed by atoms with Gasteiger partial charge in [0.15, 0.2) is 0 Å². The van der Waals surface area contributed by atoms with Gasteiger partial charge in [-0.25, -0.2) is 23.5 Å². The molecule has 0 spiro atoms. The van der Waals surface area contributed by atoms with E-state index in [-0.39, 0.29) is 4.90 Å². The summed E-state index contributed by atoms with van der Waals surface area (Å²) in [5, 5.41) is 6.67. The highest BCUT2D eigenvalue weighted by molar-refractivity contribution is 7.89. The molecule has 0 bridgehead atoms. The number of benzene rings is 1. The first-order chi connectivity index (χ1) is 9.55. The van der Waals surface area contributed by atoms with E-state index >= 15 is 0 Å². The number of primary sulfonamides is 1. The van der Waals surface area contributed by atoms with Crippen molar-refractivity contribution in [3.8, 4) is 11.4 Å². The fraction of sp³-hybridized carbons (Fsp3) is 0. The van der Waals surface area contributed by atoms with E-state index in [1.807, 2.05) is 0 Å². The Balaban J connectivity index is 2.27. The van der Waals surface area contributed by atoms with Crippen LogP contribution in [0.4, 0.5) is 0 Å². The van der Waals surface area contributed by atoms with Gasteiger partial charge in [0.1, 0.15) is 6.33 Å². The lowest BCUT2D eigenvalue weighted by molar-refractivity contribution is 0.598. The van der Waals surface area contributed by atoms with Gasteiger partial charge >= 0.3 is 0 Å². The largest absolute Gasteiger partial charge is 0.254 e. The molecule has 0 saturated carbocycles. The Kier molecular flexibility index (Phi) is 2.92. The second kappa shape index (κ2) is 4.62. The van der Waals surface area contributed by atoms with Gasteiger partial charge in [-0.15, -0.1) is 0 Å². The van der Waals surface area contributed by atoms with E-state index in [4.69, 9.17) is 5.14 Å². The molecule has 2 N–H and O–H groups in total. The SMILES string of the molecule is NS(=O)(=O)c1ccc2c(-c3ccncn3)nccc2c1. The average molecular weight is 286 g/mol. The summed E-state index contributed by atoms with van der Waals surface area (Å²) in [6.07, 6.45) is 4.67. The molecule has 0 amide bonds. The number of hydrogen-bond acceptors (Lipinski definition) is 5. The fourth-order valence-corrected chi connectivity index (χ4v) is 2.52. The highest BCUT2D eigenvalue weighted by Crippen LogP contribution is 2.26. The lowest BCUT2D eigenvalue weighted by Crippen LogP contribution is -2.11. The zero-order valence-electron chi connectivity index (χ0n) is 10.3. The zero-order valence-corrected chi connectivity index (χ0v) is 11.1. The third-order valence-electron chi connectivity index (χ3n) is 2.89. The van der Waals surface area contributed by atoms with Crippen molar-refractivity contribution in [2.75, 3.05) is 0 Å². The molecule has 3 aromatic rings. The summed E-state index contributed by atoms with van der Waals surface area (Å²) in [4.78, 5) is 12.4. The number of hydrogen-bond donors (Lipinski definition) is 1. The van der Waals surface area contributed by atoms with E-state index in [9.17, 15) is 8.42 Å². The monoisotopic (exact) mass is 286 g/mol. The molecule has 0 unspecified atom stereocenters. The van der Waals surface area contributed by atoms with Crippen molar-refractivity contribution < 1.29 is 8.42 Å². The molecular weight excluding hydrogens is 276 g/mol. The predicted octanol–water partition coefficient (Wildman–Crippen LogP) is 1.34. The first-order valence-corrected chi connectivity index (χ1v) is 7.28. The van der Waals surface area contributed by atoms with Gasteiger partial charge < -0.3 is 0 Å². The minimum Gasteiger partial charge on any atom is -0.254 e. The molecule has 7 heteroatoms. The van der Waals surface area contributed by atoms with Crippen LogP contribution in [0.2, 0.25) is 0 Å². The van der Waals surface area contributed by atoms with Gasteiger partial charge in [0.25, 0.3) is 0 Å². The molecule has 2 aromatic heterocycles. The van der Waals surface area contributed by atoms with Crippen LogP contribution in [0.5, 0.6) is 0 Å². The first kappa shape index (κ1) is 12.6. The third kappa shape index (κ3) is 2.24. The summed E-state index contributed by atoms with van der Waals surface area (Å²) in [7, 11) is -3.72. The van der Waals surface area contributed by atoms with Gasteiger partial charge in [-0.1, -0.05) is 6.07 Å². The van der Waals surface area contributed by atoms with Gasteiger partial charge in [-0.3, -0.25) is 4.98 Å². The number of nitrogens with two attached hydrogens (primary N) is 1. The van der Waals surface area contributed by atoms with Crippen LogP contribution in [-0.2, 0) is 10.0 Å². The Morgan fingerprint density at radius 1 is 1.00 bits per heavy atom. The van der Waals surface area contributed by atoms with Gasteiger partial charge in [0.2, 0.25) is 10.0 Å². The Morgan fingerprint density at radius 2 is 1.85 bits per heavy atom. The van der Waals surface area contributed by atoms with Crippen molar-refractivity contribution in [2.45, 2.75) is 4.90 Å². The zero-order chi connectivity index (χ0) is 14.2. The van der Waals surface area contributed by atoms with Crippen molar-refractivity contribution in [3.05, 3.63) is 49.1 Å². The molecule has 0 saturated heterocycles. The van der Waals surface area contributed by atoms with Gasteiger partial charge in [0.05, 0.1) is 16.3 Å². The summed E-state index contributed by atoms with van der Waals surface area (Å²) in [6.45, 7) is 0. The smallest absolute Gasteiger partial charge is 0.238 e. The van der Waals surface area contributed by atoms with Gasteiger partial charge in [-0.2, -0.15) is 0 Å². The quantitative estimate of drug-likeness (QED) is 0.766. The van der Waals surface area contributed by atoms with Gasteiger partial charge in [0, 0.05) is 17.8 Å². The van der Waals surface area contributed by atoms with Gasteiger partial charge in [-0.05, 0) is 29.7 Å². The molecule has 3 rings (SSSR count). The maximum absolute atomic E-state index is 11.4. The molecule has 6 nitrogen and oxygen atoms in total. The molecule has 20 heavy (non-hydrogen) atoms. The standard InChI is InChI=1S/C13H10N4O2S/c14-20(18,19)10-1-2-11-9(7-10)3-6-16-13(11)12-4-5-15-8-17-12/h1-8H,(H2,14,18,19). The Morgan fingerprint density at radius 3 is 2.55 bits per heavy atom. The molecular formula is C13H10N4O2S. The van der Waals surface area contributed by atoms with Crippen LogP contribution in [0, 0.1) is 0 Å². The van der Waals surface area contributed by atoms with Crippen LogP contribution in [-0.4, -0.2) is 23.4 Å². The minimum absolute atomic E-state index is 0.0739. The van der Waals surface area contributed by atoms with E-state index < -0.39 is 10.0 Å². The number of nitrogens with zero attached hydrogens (tertiary/aromatic N) is 3. The highest BCUT2D eigenvalue weighted by atomic mass is 32.2. The van der Waals surface area contributed by atoms with Crippen molar-refractivity contribution in [1.29, 1.82) is 0 Å². The Labute approximate surface area is 115 Å². The van der Waals surface area contributed by atoms with Crippen LogP contribution in [0.3, 0.4) is 0 Å². The maximum Gasteiger partial charge on any atom is 0.238 e. The van der Waals surface area contributed by atoms with Crippen LogP contribution < -0.4 is 5.14 Å². The third-order valence-corrected chi connectivity index (χ3v) is 3.80. The van der Waals surface area contributed by atoms with Crippen LogP contribution in [0.15, 0.2) is 53.9 Å². The number of sulfonamides is 1. The van der Waals surface area contributed by atoms with Crippen LogP contribution in [0.25, 0.3) is 22.2 Å². The number of fused-ring (bicyclic) bond motifs is 1. The molecule has 0 aliphatic carbocycles. The Hall–Kier alpha value is -2.38. The molecule has 2 heterocycles. The van der Waals surface area contributed by atoms with E-state index in [0.717, 1.165) is 10.8 Å². The minimum atomic E-state index is -3.72. The molecule has 0 aliphatic rings. The van der Waals surface area contributed by atoms with Crippen LogP contribution in [0.1, 0.15) is 0 Å². The van der Waals surface area contributed by atoms with E-state index in [1.165, 1.54) is 18.5 Å². The second-order valence-corrected chi connectivity index (χ2v) is 5.74. The average Bonchev–Trinajstić information content (AvgIpc) is 2.46. The summed E-state index contributed by atoms with van der Waals surface area (Å²) >= 11 is 0. The Bertz CT molecular complexity index is 879. The van der Waals surface area contributed by atoms with Crippen molar-refractivity contribution in [2.24, 2.45) is 5.14 Å². The normalized spacial score (nSPS) is 11.7. The molecule has 1 aromatic carbocycles. The number of rotatable bonds is 2. The molecule has 0 aliphatic heterocycles. The maximum atomic E-state index is 11.4. The predicted molar refractivity (Wildman–Crippen MR) is 74.1 cm³/mol. The molecule has 0 atom stereocenters. The number of aromatic nitrogens is 3. The van der Waals surface area contributed by atoms with Crippen molar-refractivity contribution >= 4 is 20.8 Å². The van der Waals surface area contributed by atoms with E-state index in [1.54, 1.807) is 30.6 Å².